The molecule has 0 saturated heterocycles. The Hall–Kier alpha value is -4.51. The molecule has 0 unspecified atom stereocenters. The maximum Gasteiger partial charge on any atom is 0.135 e. The summed E-state index contributed by atoms with van der Waals surface area (Å²) in [6.45, 7) is 2.43. The van der Waals surface area contributed by atoms with Crippen LogP contribution in [0.2, 0.25) is 0 Å². The molecule has 184 valence electrons. The van der Waals surface area contributed by atoms with E-state index < -0.39 is 0 Å². The molecule has 1 heterocycles. The fourth-order valence-electron chi connectivity index (χ4n) is 5.35. The highest BCUT2D eigenvalue weighted by atomic mass is 16.5. The molecule has 5 heteroatoms. The molecule has 1 atom stereocenters. The number of rotatable bonds is 3. The summed E-state index contributed by atoms with van der Waals surface area (Å²) in [4.78, 5) is 4.76. The highest BCUT2D eigenvalue weighted by Crippen LogP contribution is 2.49. The number of fused-ring (bicyclic) bond motifs is 4. The van der Waals surface area contributed by atoms with Crippen LogP contribution >= 0.6 is 0 Å². The average molecular weight is 489 g/mol. The minimum Gasteiger partial charge on any atom is -0.496 e. The molecule has 1 aliphatic heterocycles. The van der Waals surface area contributed by atoms with Gasteiger partial charge in [0.1, 0.15) is 29.7 Å². The summed E-state index contributed by atoms with van der Waals surface area (Å²) in [7, 11) is 3.37. The van der Waals surface area contributed by atoms with Crippen molar-refractivity contribution in [3.05, 3.63) is 90.5 Å². The second-order valence-corrected chi connectivity index (χ2v) is 9.27. The second kappa shape index (κ2) is 9.17. The third-order valence-electron chi connectivity index (χ3n) is 6.99. The van der Waals surface area contributed by atoms with Crippen molar-refractivity contribution in [3.8, 4) is 39.5 Å². The Bertz CT molecular complexity index is 1660. The van der Waals surface area contributed by atoms with Gasteiger partial charge in [0, 0.05) is 21.9 Å². The van der Waals surface area contributed by atoms with E-state index in [0.29, 0.717) is 12.4 Å². The summed E-state index contributed by atoms with van der Waals surface area (Å²) in [6.07, 6.45) is 0. The van der Waals surface area contributed by atoms with Crippen molar-refractivity contribution in [2.45, 2.75) is 13.0 Å². The van der Waals surface area contributed by atoms with Crippen LogP contribution in [0.4, 0.5) is 0 Å². The van der Waals surface area contributed by atoms with Gasteiger partial charge in [0.05, 0.1) is 25.8 Å². The van der Waals surface area contributed by atoms with Crippen LogP contribution in [0, 0.1) is 0 Å². The topological polar surface area (TPSA) is 66.1 Å². The lowest BCUT2D eigenvalue weighted by atomic mass is 9.88. The van der Waals surface area contributed by atoms with Crippen LogP contribution in [0.3, 0.4) is 0 Å². The number of benzene rings is 5. The molecule has 6 rings (SSSR count). The van der Waals surface area contributed by atoms with Crippen LogP contribution in [0.1, 0.15) is 12.5 Å². The largest absolute Gasteiger partial charge is 0.496 e. The molecular weight excluding hydrogens is 460 g/mol. The highest BCUT2D eigenvalue weighted by molar-refractivity contribution is 6.16. The molecular formula is C32H28N2O3. The highest BCUT2D eigenvalue weighted by Gasteiger charge is 2.23. The summed E-state index contributed by atoms with van der Waals surface area (Å²) in [5.41, 5.74) is 11.4. The van der Waals surface area contributed by atoms with E-state index >= 15 is 0 Å². The Morgan fingerprint density at radius 1 is 0.757 bits per heavy atom. The lowest BCUT2D eigenvalue weighted by molar-refractivity contribution is 0.301. The van der Waals surface area contributed by atoms with Crippen LogP contribution in [0.5, 0.6) is 17.2 Å². The summed E-state index contributed by atoms with van der Waals surface area (Å²) < 4.78 is 18.2. The average Bonchev–Trinajstić information content (AvgIpc) is 2.94. The molecule has 0 aliphatic carbocycles. The molecule has 5 nitrogen and oxygen atoms in total. The first kappa shape index (κ1) is 22.9. The van der Waals surface area contributed by atoms with Gasteiger partial charge in [0.25, 0.3) is 0 Å². The van der Waals surface area contributed by atoms with Crippen LogP contribution < -0.4 is 19.9 Å². The Morgan fingerprint density at radius 3 is 2.11 bits per heavy atom. The molecule has 0 aromatic heterocycles. The van der Waals surface area contributed by atoms with Gasteiger partial charge in [-0.15, -0.1) is 0 Å². The molecule has 0 bridgehead atoms. The molecule has 5 aromatic carbocycles. The van der Waals surface area contributed by atoms with Gasteiger partial charge in [-0.25, -0.2) is 0 Å². The van der Waals surface area contributed by atoms with Gasteiger partial charge in [0.2, 0.25) is 0 Å². The molecule has 0 fully saturated rings. The SMILES string of the molecule is COc1cccc(OC)c1-c1cc2c(c3ccccc13)OC[C@H](C)N=C(N)c1cccc3cccc-2c13. The predicted molar refractivity (Wildman–Crippen MR) is 151 cm³/mol. The van der Waals surface area contributed by atoms with Gasteiger partial charge in [-0.2, -0.15) is 0 Å². The van der Waals surface area contributed by atoms with Crippen molar-refractivity contribution in [1.29, 1.82) is 0 Å². The zero-order valence-corrected chi connectivity index (χ0v) is 21.1. The van der Waals surface area contributed by atoms with E-state index in [1.54, 1.807) is 14.2 Å². The molecule has 2 N–H and O–H groups in total. The van der Waals surface area contributed by atoms with Gasteiger partial charge in [-0.1, -0.05) is 66.7 Å². The third-order valence-corrected chi connectivity index (χ3v) is 6.99. The Balaban J connectivity index is 1.80. The van der Waals surface area contributed by atoms with Crippen molar-refractivity contribution in [2.75, 3.05) is 20.8 Å². The summed E-state index contributed by atoms with van der Waals surface area (Å²) in [5, 5.41) is 4.22. The predicted octanol–water partition coefficient (Wildman–Crippen LogP) is 6.83. The summed E-state index contributed by atoms with van der Waals surface area (Å²) >= 11 is 0. The second-order valence-electron chi connectivity index (χ2n) is 9.27. The standard InChI is InChI=1S/C32H28N2O3/c1-19-18-37-31-23-12-5-4-11-21(23)25(30-27(35-2)15-8-16-28(30)36-3)17-26(31)22-13-6-9-20-10-7-14-24(29(20)22)32(33)34-19/h4-17,19H,18H2,1-3H3,(H2,33,34)/t19-/m0/s1. The maximum absolute atomic E-state index is 6.56. The molecule has 1 aliphatic rings. The monoisotopic (exact) mass is 488 g/mol. The number of nitrogens with zero attached hydrogens (tertiary/aromatic N) is 1. The third kappa shape index (κ3) is 3.75. The van der Waals surface area contributed by atoms with E-state index in [2.05, 4.69) is 42.5 Å². The van der Waals surface area contributed by atoms with Crippen molar-refractivity contribution < 1.29 is 14.2 Å². The number of aliphatic imine (C=N–C) groups is 1. The fraction of sp³-hybridized carbons (Fsp3) is 0.156. The van der Waals surface area contributed by atoms with E-state index in [4.69, 9.17) is 24.9 Å². The Kier molecular flexibility index (Phi) is 5.68. The maximum atomic E-state index is 6.56. The number of methoxy groups -OCH3 is 2. The quantitative estimate of drug-likeness (QED) is 0.302. The van der Waals surface area contributed by atoms with Crippen molar-refractivity contribution in [3.63, 3.8) is 0 Å². The van der Waals surface area contributed by atoms with Crippen molar-refractivity contribution in [1.82, 2.24) is 0 Å². The molecule has 0 spiro atoms. The minimum absolute atomic E-state index is 0.110. The van der Waals surface area contributed by atoms with Crippen LogP contribution in [0.25, 0.3) is 43.8 Å². The number of ether oxygens (including phenoxy) is 3. The molecule has 0 radical (unpaired) electrons. The first-order chi connectivity index (χ1) is 18.1. The number of amidine groups is 1. The minimum atomic E-state index is -0.110. The zero-order chi connectivity index (χ0) is 25.5. The van der Waals surface area contributed by atoms with Gasteiger partial charge in [-0.05, 0) is 47.0 Å². The lowest BCUT2D eigenvalue weighted by Crippen LogP contribution is -2.21. The first-order valence-corrected chi connectivity index (χ1v) is 12.4. The molecule has 5 aromatic rings. The van der Waals surface area contributed by atoms with Crippen molar-refractivity contribution in [2.24, 2.45) is 10.7 Å². The molecule has 37 heavy (non-hydrogen) atoms. The van der Waals surface area contributed by atoms with E-state index in [9.17, 15) is 0 Å². The van der Waals surface area contributed by atoms with E-state index in [0.717, 1.165) is 66.6 Å². The van der Waals surface area contributed by atoms with E-state index in [-0.39, 0.29) is 6.04 Å². The number of nitrogens with two attached hydrogens (primary N) is 1. The van der Waals surface area contributed by atoms with Crippen LogP contribution in [0.15, 0.2) is 89.9 Å². The first-order valence-electron chi connectivity index (χ1n) is 12.4. The van der Waals surface area contributed by atoms with E-state index in [1.807, 2.05) is 49.4 Å². The smallest absolute Gasteiger partial charge is 0.135 e. The fourth-order valence-corrected chi connectivity index (χ4v) is 5.35. The normalized spacial score (nSPS) is 15.0. The van der Waals surface area contributed by atoms with Gasteiger partial charge in [-0.3, -0.25) is 4.99 Å². The van der Waals surface area contributed by atoms with Gasteiger partial charge >= 0.3 is 0 Å². The summed E-state index contributed by atoms with van der Waals surface area (Å²) in [5.74, 6) is 2.84. The van der Waals surface area contributed by atoms with Gasteiger partial charge < -0.3 is 19.9 Å². The Labute approximate surface area is 216 Å². The van der Waals surface area contributed by atoms with Crippen molar-refractivity contribution >= 4 is 27.4 Å². The van der Waals surface area contributed by atoms with Crippen LogP contribution in [-0.2, 0) is 0 Å². The molecule has 0 amide bonds. The van der Waals surface area contributed by atoms with E-state index in [1.165, 1.54) is 0 Å². The lowest BCUT2D eigenvalue weighted by Gasteiger charge is -2.23. The molecule has 0 saturated carbocycles. The summed E-state index contributed by atoms with van der Waals surface area (Å²) in [6, 6.07) is 28.8. The zero-order valence-electron chi connectivity index (χ0n) is 21.1. The van der Waals surface area contributed by atoms with Crippen LogP contribution in [-0.4, -0.2) is 32.7 Å². The number of hydrogen-bond acceptors (Lipinski definition) is 5. The van der Waals surface area contributed by atoms with Gasteiger partial charge in [0.15, 0.2) is 0 Å². The Morgan fingerprint density at radius 2 is 1.41 bits per heavy atom. The number of hydrogen-bond donors (Lipinski definition) is 1.